The van der Waals surface area contributed by atoms with Gasteiger partial charge in [0.05, 0.1) is 31.1 Å². The maximum absolute atomic E-state index is 13.9. The summed E-state index contributed by atoms with van der Waals surface area (Å²) in [4.78, 5) is 12.3. The van der Waals surface area contributed by atoms with Gasteiger partial charge < -0.3 is 14.2 Å². The average molecular weight is 403 g/mol. The second kappa shape index (κ2) is 7.53. The first-order chi connectivity index (χ1) is 12.8. The molecule has 1 unspecified atom stereocenters. The zero-order valence-corrected chi connectivity index (χ0v) is 15.4. The number of sulfonamides is 1. The number of nitrogens with one attached hydrogen (secondary N) is 1. The van der Waals surface area contributed by atoms with Crippen molar-refractivity contribution < 1.29 is 36.2 Å². The van der Waals surface area contributed by atoms with Gasteiger partial charge in [-0.3, -0.25) is 4.72 Å². The van der Waals surface area contributed by atoms with E-state index in [2.05, 4.69) is 4.72 Å². The fourth-order valence-electron chi connectivity index (χ4n) is 3.11. The van der Waals surface area contributed by atoms with Crippen molar-refractivity contribution >= 4 is 21.7 Å². The molecule has 27 heavy (non-hydrogen) atoms. The van der Waals surface area contributed by atoms with Crippen LogP contribution in [0.3, 0.4) is 0 Å². The lowest BCUT2D eigenvalue weighted by Gasteiger charge is -2.33. The molecule has 1 saturated heterocycles. The molecule has 1 aromatic rings. The molecule has 3 rings (SSSR count). The molecule has 1 fully saturated rings. The third kappa shape index (κ3) is 4.12. The molecule has 1 aliphatic carbocycles. The molecule has 0 saturated carbocycles. The van der Waals surface area contributed by atoms with E-state index < -0.39 is 44.4 Å². The quantitative estimate of drug-likeness (QED) is 0.758. The summed E-state index contributed by atoms with van der Waals surface area (Å²) < 4.78 is 70.6. The van der Waals surface area contributed by atoms with Crippen molar-refractivity contribution in [1.82, 2.24) is 0 Å². The van der Waals surface area contributed by atoms with E-state index in [4.69, 9.17) is 14.2 Å². The van der Waals surface area contributed by atoms with Crippen molar-refractivity contribution in [1.29, 1.82) is 0 Å². The molecular weight excluding hydrogens is 384 g/mol. The number of carbonyl (C=O) groups excluding carboxylic acids is 1. The van der Waals surface area contributed by atoms with Crippen molar-refractivity contribution in [3.8, 4) is 0 Å². The lowest BCUT2D eigenvalue weighted by molar-refractivity contribution is -0.143. The van der Waals surface area contributed by atoms with Crippen LogP contribution in [0.4, 0.5) is 14.5 Å². The van der Waals surface area contributed by atoms with Crippen LogP contribution in [0, 0.1) is 11.6 Å². The first-order valence-electron chi connectivity index (χ1n) is 8.41. The first-order valence-corrected chi connectivity index (χ1v) is 9.95. The third-order valence-corrected chi connectivity index (χ3v) is 6.07. The van der Waals surface area contributed by atoms with Gasteiger partial charge in [-0.05, 0) is 31.6 Å². The topological polar surface area (TPSA) is 90.9 Å². The van der Waals surface area contributed by atoms with Crippen LogP contribution in [0.25, 0.3) is 0 Å². The van der Waals surface area contributed by atoms with Gasteiger partial charge in [0, 0.05) is 12.5 Å². The van der Waals surface area contributed by atoms with Gasteiger partial charge in [-0.2, -0.15) is 0 Å². The molecule has 2 aliphatic rings. The van der Waals surface area contributed by atoms with Crippen LogP contribution < -0.4 is 4.72 Å². The largest absolute Gasteiger partial charge is 0.463 e. The maximum atomic E-state index is 13.9. The second-order valence-corrected chi connectivity index (χ2v) is 7.99. The van der Waals surface area contributed by atoms with E-state index in [1.807, 2.05) is 0 Å². The van der Waals surface area contributed by atoms with E-state index in [9.17, 15) is 22.0 Å². The molecule has 7 nitrogen and oxygen atoms in total. The smallest absolute Gasteiger partial charge is 0.335 e. The predicted molar refractivity (Wildman–Crippen MR) is 91.3 cm³/mol. The predicted octanol–water partition coefficient (Wildman–Crippen LogP) is 2.10. The Kier molecular flexibility index (Phi) is 5.50. The minimum absolute atomic E-state index is 0.00277. The molecule has 0 bridgehead atoms. The Morgan fingerprint density at radius 2 is 2.04 bits per heavy atom. The van der Waals surface area contributed by atoms with Crippen molar-refractivity contribution in [3.63, 3.8) is 0 Å². The molecule has 0 aromatic heterocycles. The minimum atomic E-state index is -4.22. The van der Waals surface area contributed by atoms with Gasteiger partial charge in [0.2, 0.25) is 10.0 Å². The van der Waals surface area contributed by atoms with Crippen LogP contribution in [-0.2, 0) is 29.0 Å². The molecule has 148 valence electrons. The fraction of sp³-hybridized carbons (Fsp3) is 0.471. The molecular formula is C17H19F2NO6S. The highest BCUT2D eigenvalue weighted by Gasteiger charge is 2.46. The Morgan fingerprint density at radius 1 is 1.33 bits per heavy atom. The lowest BCUT2D eigenvalue weighted by atomic mass is 9.94. The van der Waals surface area contributed by atoms with Gasteiger partial charge in [0.25, 0.3) is 0 Å². The van der Waals surface area contributed by atoms with Gasteiger partial charge >= 0.3 is 5.97 Å². The van der Waals surface area contributed by atoms with Gasteiger partial charge in [-0.15, -0.1) is 0 Å². The molecule has 1 spiro atoms. The summed E-state index contributed by atoms with van der Waals surface area (Å²) in [6.07, 6.45) is 1.53. The molecule has 1 aliphatic heterocycles. The summed E-state index contributed by atoms with van der Waals surface area (Å²) in [6.45, 7) is 2.29. The Hall–Kier alpha value is -2.04. The van der Waals surface area contributed by atoms with Gasteiger partial charge in [0.1, 0.15) is 16.9 Å². The SMILES string of the molecule is CCOC(=O)C1=CC2(CCC1S(=O)(=O)Nc1ccc(F)cc1F)OCCO2. The Balaban J connectivity index is 1.93. The van der Waals surface area contributed by atoms with Crippen molar-refractivity contribution in [2.45, 2.75) is 30.8 Å². The number of esters is 1. The zero-order valence-electron chi connectivity index (χ0n) is 14.5. The molecule has 1 N–H and O–H groups in total. The number of hydrogen-bond donors (Lipinski definition) is 1. The summed E-state index contributed by atoms with van der Waals surface area (Å²) in [5, 5.41) is -1.29. The monoisotopic (exact) mass is 403 g/mol. The number of ether oxygens (including phenoxy) is 3. The summed E-state index contributed by atoms with van der Waals surface area (Å²) in [5.74, 6) is -3.87. The highest BCUT2D eigenvalue weighted by molar-refractivity contribution is 7.93. The Labute approximate surface area is 155 Å². The van der Waals surface area contributed by atoms with Crippen LogP contribution >= 0.6 is 0 Å². The van der Waals surface area contributed by atoms with E-state index in [0.29, 0.717) is 19.3 Å². The highest BCUT2D eigenvalue weighted by atomic mass is 32.2. The molecule has 0 amide bonds. The van der Waals surface area contributed by atoms with Crippen LogP contribution in [-0.4, -0.2) is 45.2 Å². The van der Waals surface area contributed by atoms with E-state index in [1.54, 1.807) is 6.92 Å². The number of carbonyl (C=O) groups is 1. The number of benzene rings is 1. The Bertz CT molecular complexity index is 864. The minimum Gasteiger partial charge on any atom is -0.463 e. The van der Waals surface area contributed by atoms with Gasteiger partial charge in [-0.1, -0.05) is 0 Å². The van der Waals surface area contributed by atoms with E-state index in [-0.39, 0.29) is 25.0 Å². The fourth-order valence-corrected chi connectivity index (χ4v) is 4.65. The number of hydrogen-bond acceptors (Lipinski definition) is 6. The van der Waals surface area contributed by atoms with Crippen LogP contribution in [0.5, 0.6) is 0 Å². The standard InChI is InChI=1S/C17H19F2NO6S/c1-2-24-16(21)12-10-17(25-7-8-26-17)6-5-15(12)27(22,23)20-14-4-3-11(18)9-13(14)19/h3-4,9-10,15,20H,2,5-8H2,1H3. The summed E-state index contributed by atoms with van der Waals surface area (Å²) in [6, 6.07) is 2.47. The van der Waals surface area contributed by atoms with Gasteiger partial charge in [-0.25, -0.2) is 22.0 Å². The molecule has 1 heterocycles. The van der Waals surface area contributed by atoms with Crippen LogP contribution in [0.1, 0.15) is 19.8 Å². The zero-order chi connectivity index (χ0) is 19.7. The van der Waals surface area contributed by atoms with Gasteiger partial charge in [0.15, 0.2) is 5.79 Å². The van der Waals surface area contributed by atoms with E-state index in [1.165, 1.54) is 6.08 Å². The molecule has 1 atom stereocenters. The average Bonchev–Trinajstić information content (AvgIpc) is 3.05. The molecule has 10 heteroatoms. The first kappa shape index (κ1) is 19.7. The number of halogens is 2. The van der Waals surface area contributed by atoms with E-state index >= 15 is 0 Å². The van der Waals surface area contributed by atoms with Crippen LogP contribution in [0.15, 0.2) is 29.8 Å². The van der Waals surface area contributed by atoms with Crippen LogP contribution in [0.2, 0.25) is 0 Å². The highest BCUT2D eigenvalue weighted by Crippen LogP contribution is 2.37. The second-order valence-electron chi connectivity index (χ2n) is 6.13. The third-order valence-electron chi connectivity index (χ3n) is 4.32. The summed E-state index contributed by atoms with van der Waals surface area (Å²) in [7, 11) is -4.22. The summed E-state index contributed by atoms with van der Waals surface area (Å²) in [5.41, 5.74) is -0.548. The van der Waals surface area contributed by atoms with Crippen molar-refractivity contribution in [2.24, 2.45) is 0 Å². The molecule has 0 radical (unpaired) electrons. The lowest BCUT2D eigenvalue weighted by Crippen LogP contribution is -2.42. The Morgan fingerprint density at radius 3 is 2.67 bits per heavy atom. The normalized spacial score (nSPS) is 21.7. The number of anilines is 1. The summed E-state index contributed by atoms with van der Waals surface area (Å²) >= 11 is 0. The van der Waals surface area contributed by atoms with Crippen molar-refractivity contribution in [3.05, 3.63) is 41.5 Å². The van der Waals surface area contributed by atoms with Crippen molar-refractivity contribution in [2.75, 3.05) is 24.5 Å². The maximum Gasteiger partial charge on any atom is 0.335 e. The van der Waals surface area contributed by atoms with E-state index in [0.717, 1.165) is 12.1 Å². The number of rotatable bonds is 5. The molecule has 1 aromatic carbocycles.